The molecule has 1 fully saturated rings. The van der Waals surface area contributed by atoms with Crippen LogP contribution in [0.15, 0.2) is 18.2 Å². The van der Waals surface area contributed by atoms with Crippen molar-refractivity contribution in [2.45, 2.75) is 25.4 Å². The molecular weight excluding hydrogens is 260 g/mol. The van der Waals surface area contributed by atoms with E-state index in [0.717, 1.165) is 38.2 Å². The van der Waals surface area contributed by atoms with Crippen molar-refractivity contribution in [1.29, 1.82) is 0 Å². The molecule has 0 radical (unpaired) electrons. The van der Waals surface area contributed by atoms with Crippen LogP contribution in [0.5, 0.6) is 0 Å². The Morgan fingerprint density at radius 1 is 1.50 bits per heavy atom. The molecule has 0 aliphatic carbocycles. The average Bonchev–Trinajstić information content (AvgIpc) is 2.47. The maximum Gasteiger partial charge on any atom is 0.293 e. The number of nitrogens with two attached hydrogens (primary N) is 1. The Hall–Kier alpha value is -1.70. The summed E-state index contributed by atoms with van der Waals surface area (Å²) >= 11 is 0. The van der Waals surface area contributed by atoms with Gasteiger partial charge in [-0.05, 0) is 31.5 Å². The van der Waals surface area contributed by atoms with Gasteiger partial charge in [0.05, 0.1) is 4.92 Å². The smallest absolute Gasteiger partial charge is 0.293 e. The number of ether oxygens (including phenoxy) is 1. The van der Waals surface area contributed by atoms with Crippen LogP contribution in [0.3, 0.4) is 0 Å². The molecule has 0 bridgehead atoms. The summed E-state index contributed by atoms with van der Waals surface area (Å²) in [6.07, 6.45) is 2.04. The van der Waals surface area contributed by atoms with Gasteiger partial charge in [0.1, 0.15) is 5.69 Å². The molecule has 110 valence electrons. The Labute approximate surface area is 117 Å². The van der Waals surface area contributed by atoms with Crippen LogP contribution in [-0.2, 0) is 11.3 Å². The number of nitrogen functional groups attached to an aromatic ring is 1. The van der Waals surface area contributed by atoms with E-state index < -0.39 is 4.92 Å². The highest BCUT2D eigenvalue weighted by Gasteiger charge is 2.19. The molecule has 0 spiro atoms. The molecule has 1 saturated heterocycles. The summed E-state index contributed by atoms with van der Waals surface area (Å²) in [4.78, 5) is 12.7. The fourth-order valence-electron chi connectivity index (χ4n) is 2.50. The number of hydrogen-bond acceptors (Lipinski definition) is 6. The molecule has 1 aromatic carbocycles. The van der Waals surface area contributed by atoms with E-state index in [4.69, 9.17) is 10.6 Å². The van der Waals surface area contributed by atoms with E-state index in [2.05, 4.69) is 17.4 Å². The van der Waals surface area contributed by atoms with Gasteiger partial charge in [-0.25, -0.2) is 0 Å². The minimum atomic E-state index is -0.443. The van der Waals surface area contributed by atoms with E-state index >= 15 is 0 Å². The Balaban J connectivity index is 2.07. The third-order valence-corrected chi connectivity index (χ3v) is 3.66. The Morgan fingerprint density at radius 2 is 2.20 bits per heavy atom. The number of hydrazine groups is 1. The minimum Gasteiger partial charge on any atom is -0.381 e. The number of hydrogen-bond donors (Lipinski definition) is 2. The van der Waals surface area contributed by atoms with E-state index in [1.165, 1.54) is 6.07 Å². The van der Waals surface area contributed by atoms with Gasteiger partial charge in [0.25, 0.3) is 5.69 Å². The summed E-state index contributed by atoms with van der Waals surface area (Å²) in [6, 6.07) is 5.48. The highest BCUT2D eigenvalue weighted by atomic mass is 16.6. The molecule has 0 unspecified atom stereocenters. The molecule has 20 heavy (non-hydrogen) atoms. The van der Waals surface area contributed by atoms with Crippen LogP contribution >= 0.6 is 0 Å². The molecule has 0 saturated carbocycles. The third-order valence-electron chi connectivity index (χ3n) is 3.66. The molecule has 2 rings (SSSR count). The van der Waals surface area contributed by atoms with Gasteiger partial charge in [-0.15, -0.1) is 0 Å². The molecule has 0 aromatic heterocycles. The molecule has 0 amide bonds. The van der Waals surface area contributed by atoms with Gasteiger partial charge in [0.15, 0.2) is 0 Å². The largest absolute Gasteiger partial charge is 0.381 e. The Kier molecular flexibility index (Phi) is 4.89. The highest BCUT2D eigenvalue weighted by Crippen LogP contribution is 2.25. The summed E-state index contributed by atoms with van der Waals surface area (Å²) in [6.45, 7) is 2.33. The van der Waals surface area contributed by atoms with Gasteiger partial charge in [0, 0.05) is 31.9 Å². The zero-order valence-corrected chi connectivity index (χ0v) is 11.5. The van der Waals surface area contributed by atoms with Crippen molar-refractivity contribution >= 4 is 11.4 Å². The highest BCUT2D eigenvalue weighted by molar-refractivity contribution is 5.62. The SMILES string of the molecule is CN(Cc1ccc([N+](=O)[O-])c(NN)c1)C1CCOCC1. The van der Waals surface area contributed by atoms with Gasteiger partial charge in [-0.1, -0.05) is 6.07 Å². The van der Waals surface area contributed by atoms with E-state index in [1.807, 2.05) is 0 Å². The van der Waals surface area contributed by atoms with Crippen molar-refractivity contribution in [2.75, 3.05) is 25.7 Å². The zero-order valence-electron chi connectivity index (χ0n) is 11.5. The van der Waals surface area contributed by atoms with Crippen LogP contribution in [0.4, 0.5) is 11.4 Å². The lowest BCUT2D eigenvalue weighted by Crippen LogP contribution is -2.36. The Morgan fingerprint density at radius 3 is 2.80 bits per heavy atom. The number of nitro benzene ring substituents is 1. The van der Waals surface area contributed by atoms with Crippen LogP contribution in [0, 0.1) is 10.1 Å². The fourth-order valence-corrected chi connectivity index (χ4v) is 2.50. The first-order chi connectivity index (χ1) is 9.61. The quantitative estimate of drug-likeness (QED) is 0.482. The molecule has 3 N–H and O–H groups in total. The molecule has 1 aliphatic heterocycles. The van der Waals surface area contributed by atoms with Gasteiger partial charge in [-0.2, -0.15) is 0 Å². The van der Waals surface area contributed by atoms with Crippen molar-refractivity contribution in [3.8, 4) is 0 Å². The van der Waals surface area contributed by atoms with Gasteiger partial charge < -0.3 is 10.2 Å². The predicted molar refractivity (Wildman–Crippen MR) is 76.2 cm³/mol. The molecule has 7 nitrogen and oxygen atoms in total. The number of rotatable bonds is 5. The van der Waals surface area contributed by atoms with Crippen LogP contribution in [-0.4, -0.2) is 36.1 Å². The number of anilines is 1. The zero-order chi connectivity index (χ0) is 14.5. The van der Waals surface area contributed by atoms with E-state index in [-0.39, 0.29) is 5.69 Å². The van der Waals surface area contributed by atoms with Crippen molar-refractivity contribution in [3.63, 3.8) is 0 Å². The van der Waals surface area contributed by atoms with Gasteiger partial charge in [-0.3, -0.25) is 20.9 Å². The summed E-state index contributed by atoms with van der Waals surface area (Å²) in [5.74, 6) is 5.35. The number of nitrogens with one attached hydrogen (secondary N) is 1. The second kappa shape index (κ2) is 6.65. The molecule has 1 heterocycles. The van der Waals surface area contributed by atoms with Crippen LogP contribution < -0.4 is 11.3 Å². The first kappa shape index (κ1) is 14.7. The lowest BCUT2D eigenvalue weighted by Gasteiger charge is -2.31. The standard InChI is InChI=1S/C13H20N4O3/c1-16(11-4-6-20-7-5-11)9-10-2-3-13(17(18)19)12(8-10)15-14/h2-3,8,11,15H,4-7,9,14H2,1H3. The van der Waals surface area contributed by atoms with Crippen molar-refractivity contribution in [1.82, 2.24) is 4.90 Å². The maximum atomic E-state index is 10.8. The summed E-state index contributed by atoms with van der Waals surface area (Å²) < 4.78 is 5.35. The van der Waals surface area contributed by atoms with E-state index in [9.17, 15) is 10.1 Å². The lowest BCUT2D eigenvalue weighted by molar-refractivity contribution is -0.384. The summed E-state index contributed by atoms with van der Waals surface area (Å²) in [7, 11) is 2.06. The van der Waals surface area contributed by atoms with Crippen LogP contribution in [0.2, 0.25) is 0 Å². The second-order valence-electron chi connectivity index (χ2n) is 5.01. The third kappa shape index (κ3) is 3.44. The summed E-state index contributed by atoms with van der Waals surface area (Å²) in [5.41, 5.74) is 3.72. The van der Waals surface area contributed by atoms with Crippen LogP contribution in [0.25, 0.3) is 0 Å². The molecular formula is C13H20N4O3. The fraction of sp³-hybridized carbons (Fsp3) is 0.538. The first-order valence-corrected chi connectivity index (χ1v) is 6.63. The average molecular weight is 280 g/mol. The number of nitrogens with zero attached hydrogens (tertiary/aromatic N) is 2. The lowest BCUT2D eigenvalue weighted by atomic mass is 10.1. The predicted octanol–water partition coefficient (Wildman–Crippen LogP) is 1.49. The molecule has 7 heteroatoms. The second-order valence-corrected chi connectivity index (χ2v) is 5.01. The number of benzene rings is 1. The first-order valence-electron chi connectivity index (χ1n) is 6.63. The Bertz CT molecular complexity index is 475. The molecule has 1 aliphatic rings. The van der Waals surface area contributed by atoms with E-state index in [1.54, 1.807) is 12.1 Å². The monoisotopic (exact) mass is 280 g/mol. The van der Waals surface area contributed by atoms with Crippen molar-refractivity contribution < 1.29 is 9.66 Å². The van der Waals surface area contributed by atoms with Gasteiger partial charge in [0.2, 0.25) is 0 Å². The number of nitro groups is 1. The molecule has 1 aromatic rings. The molecule has 0 atom stereocenters. The van der Waals surface area contributed by atoms with E-state index in [0.29, 0.717) is 11.7 Å². The normalized spacial score (nSPS) is 16.4. The van der Waals surface area contributed by atoms with Crippen LogP contribution in [0.1, 0.15) is 18.4 Å². The summed E-state index contributed by atoms with van der Waals surface area (Å²) in [5, 5.41) is 10.8. The topological polar surface area (TPSA) is 93.7 Å². The van der Waals surface area contributed by atoms with Crippen molar-refractivity contribution in [3.05, 3.63) is 33.9 Å². The van der Waals surface area contributed by atoms with Gasteiger partial charge >= 0.3 is 0 Å². The van der Waals surface area contributed by atoms with Crippen molar-refractivity contribution in [2.24, 2.45) is 5.84 Å². The minimum absolute atomic E-state index is 0.00929. The maximum absolute atomic E-state index is 10.8.